The number of halogens is 4. The number of pyridine rings is 1. The molecule has 4 heterocycles. The van der Waals surface area contributed by atoms with Crippen LogP contribution >= 0.6 is 12.4 Å². The number of rotatable bonds is 3. The van der Waals surface area contributed by atoms with Gasteiger partial charge in [-0.15, -0.1) is 12.4 Å². The van der Waals surface area contributed by atoms with Crippen molar-refractivity contribution in [3.63, 3.8) is 0 Å². The van der Waals surface area contributed by atoms with Gasteiger partial charge in [-0.05, 0) is 12.8 Å². The number of hydrogen-bond donors (Lipinski definition) is 3. The van der Waals surface area contributed by atoms with Crippen LogP contribution in [0.1, 0.15) is 28.9 Å². The van der Waals surface area contributed by atoms with Gasteiger partial charge in [0.2, 0.25) is 0 Å². The Morgan fingerprint density at radius 1 is 1.27 bits per heavy atom. The van der Waals surface area contributed by atoms with Crippen molar-refractivity contribution in [2.24, 2.45) is 5.73 Å². The molecule has 4 rings (SSSR count). The zero-order valence-electron chi connectivity index (χ0n) is 15.6. The summed E-state index contributed by atoms with van der Waals surface area (Å²) in [7, 11) is 0. The molecule has 1 saturated heterocycles. The molecule has 0 unspecified atom stereocenters. The quantitative estimate of drug-likeness (QED) is 0.576. The minimum atomic E-state index is -4.61. The molecule has 3 aromatic heterocycles. The fraction of sp³-hybridized carbons (Fsp3) is 0.333. The Hall–Kier alpha value is -2.92. The lowest BCUT2D eigenvalue weighted by Gasteiger charge is -2.34. The molecule has 1 aliphatic rings. The van der Waals surface area contributed by atoms with E-state index in [9.17, 15) is 18.0 Å². The molecule has 30 heavy (non-hydrogen) atoms. The van der Waals surface area contributed by atoms with Gasteiger partial charge >= 0.3 is 6.18 Å². The summed E-state index contributed by atoms with van der Waals surface area (Å²) in [6.07, 6.45) is 3.08. The van der Waals surface area contributed by atoms with Crippen LogP contribution in [-0.4, -0.2) is 45.0 Å². The fourth-order valence-electron chi connectivity index (χ4n) is 3.53. The van der Waals surface area contributed by atoms with Gasteiger partial charge in [-0.1, -0.05) is 0 Å². The van der Waals surface area contributed by atoms with Gasteiger partial charge in [0.15, 0.2) is 0 Å². The van der Waals surface area contributed by atoms with Crippen molar-refractivity contribution >= 4 is 40.7 Å². The number of carbonyl (C=O) groups is 1. The standard InChI is InChI=1S/C18H18F3N7O.ClH/c19-18(20,21)11-6-25-16-14(15(11)28-5-1-2-10(22)9-28)12(8-26-16)27-17(29)13-7-23-3-4-24-13;/h3-4,6-8,10H,1-2,5,9,22H2,(H,25,26)(H,27,29);1H/t10-;/m1./s1. The predicted octanol–water partition coefficient (Wildman–Crippen LogP) is 2.97. The zero-order valence-corrected chi connectivity index (χ0v) is 16.4. The number of fused-ring (bicyclic) bond motifs is 1. The Bertz CT molecular complexity index is 1040. The van der Waals surface area contributed by atoms with Crippen molar-refractivity contribution in [1.29, 1.82) is 0 Å². The van der Waals surface area contributed by atoms with E-state index in [2.05, 4.69) is 25.3 Å². The molecule has 1 aliphatic heterocycles. The van der Waals surface area contributed by atoms with Gasteiger partial charge < -0.3 is 20.9 Å². The Labute approximate surface area is 175 Å². The summed E-state index contributed by atoms with van der Waals surface area (Å²) in [5, 5.41) is 2.80. The minimum absolute atomic E-state index is 0. The molecule has 1 fully saturated rings. The molecule has 0 saturated carbocycles. The first-order valence-corrected chi connectivity index (χ1v) is 9.00. The highest BCUT2D eigenvalue weighted by molar-refractivity contribution is 6.11. The van der Waals surface area contributed by atoms with Crippen LogP contribution in [0.25, 0.3) is 11.0 Å². The topological polar surface area (TPSA) is 113 Å². The van der Waals surface area contributed by atoms with Gasteiger partial charge in [0.05, 0.1) is 28.5 Å². The van der Waals surface area contributed by atoms with Gasteiger partial charge in [-0.25, -0.2) is 9.97 Å². The van der Waals surface area contributed by atoms with Gasteiger partial charge in [0, 0.05) is 43.9 Å². The van der Waals surface area contributed by atoms with Crippen molar-refractivity contribution in [2.45, 2.75) is 25.1 Å². The van der Waals surface area contributed by atoms with Gasteiger partial charge in [0.1, 0.15) is 11.3 Å². The maximum atomic E-state index is 13.8. The second kappa shape index (κ2) is 8.44. The Balaban J connectivity index is 0.00000256. The van der Waals surface area contributed by atoms with Gasteiger partial charge in [-0.2, -0.15) is 13.2 Å². The molecule has 12 heteroatoms. The molecule has 1 amide bonds. The summed E-state index contributed by atoms with van der Waals surface area (Å²) in [6.45, 7) is 0.712. The van der Waals surface area contributed by atoms with Crippen molar-refractivity contribution in [2.75, 3.05) is 23.3 Å². The molecule has 160 valence electrons. The average Bonchev–Trinajstić information content (AvgIpc) is 3.10. The van der Waals surface area contributed by atoms with Crippen LogP contribution in [0.4, 0.5) is 24.5 Å². The van der Waals surface area contributed by atoms with Crippen molar-refractivity contribution in [3.8, 4) is 0 Å². The molecule has 0 radical (unpaired) electrons. The minimum Gasteiger partial charge on any atom is -0.369 e. The Morgan fingerprint density at radius 3 is 2.73 bits per heavy atom. The number of aromatic nitrogens is 4. The maximum absolute atomic E-state index is 13.8. The van der Waals surface area contributed by atoms with Crippen LogP contribution in [0.3, 0.4) is 0 Å². The van der Waals surface area contributed by atoms with E-state index in [1.165, 1.54) is 24.8 Å². The van der Waals surface area contributed by atoms with Crippen LogP contribution in [0, 0.1) is 0 Å². The van der Waals surface area contributed by atoms with Gasteiger partial charge in [0.25, 0.3) is 5.91 Å². The highest BCUT2D eigenvalue weighted by Crippen LogP contribution is 2.43. The summed E-state index contributed by atoms with van der Waals surface area (Å²) >= 11 is 0. The van der Waals surface area contributed by atoms with Crippen LogP contribution < -0.4 is 16.0 Å². The van der Waals surface area contributed by atoms with Crippen LogP contribution in [0.5, 0.6) is 0 Å². The van der Waals surface area contributed by atoms with Crippen LogP contribution in [0.2, 0.25) is 0 Å². The van der Waals surface area contributed by atoms with E-state index in [1.807, 2.05) is 0 Å². The lowest BCUT2D eigenvalue weighted by molar-refractivity contribution is -0.137. The molecule has 0 aromatic carbocycles. The van der Waals surface area contributed by atoms with Crippen LogP contribution in [0.15, 0.2) is 31.0 Å². The van der Waals surface area contributed by atoms with E-state index in [4.69, 9.17) is 5.73 Å². The number of nitrogens with one attached hydrogen (secondary N) is 2. The molecule has 0 aliphatic carbocycles. The molecule has 0 bridgehead atoms. The first-order valence-electron chi connectivity index (χ1n) is 9.00. The number of nitrogens with zero attached hydrogens (tertiary/aromatic N) is 4. The number of piperidine rings is 1. The Morgan fingerprint density at radius 2 is 2.07 bits per heavy atom. The summed E-state index contributed by atoms with van der Waals surface area (Å²) in [5.41, 5.74) is 5.57. The number of hydrogen-bond acceptors (Lipinski definition) is 6. The maximum Gasteiger partial charge on any atom is 0.419 e. The SMILES string of the molecule is Cl.N[C@@H]1CCCN(c2c(C(F)(F)F)cnc3[nH]cc(NC(=O)c4cnccn4)c23)C1. The number of alkyl halides is 3. The number of nitrogens with two attached hydrogens (primary N) is 1. The highest BCUT2D eigenvalue weighted by Gasteiger charge is 2.38. The summed E-state index contributed by atoms with van der Waals surface area (Å²) < 4.78 is 41.3. The number of aromatic amines is 1. The van der Waals surface area contributed by atoms with Crippen molar-refractivity contribution in [1.82, 2.24) is 19.9 Å². The number of anilines is 2. The van der Waals surface area contributed by atoms with E-state index < -0.39 is 17.6 Å². The summed E-state index contributed by atoms with van der Waals surface area (Å²) in [5.74, 6) is -0.585. The lowest BCUT2D eigenvalue weighted by Crippen LogP contribution is -2.43. The highest BCUT2D eigenvalue weighted by atomic mass is 35.5. The number of amides is 1. The van der Waals surface area contributed by atoms with E-state index in [0.717, 1.165) is 12.6 Å². The Kier molecular flexibility index (Phi) is 6.13. The van der Waals surface area contributed by atoms with E-state index >= 15 is 0 Å². The van der Waals surface area contributed by atoms with Crippen LogP contribution in [-0.2, 0) is 6.18 Å². The first kappa shape index (κ1) is 21.8. The monoisotopic (exact) mass is 441 g/mol. The third-order valence-electron chi connectivity index (χ3n) is 4.80. The third-order valence-corrected chi connectivity index (χ3v) is 4.80. The smallest absolute Gasteiger partial charge is 0.369 e. The molecule has 1 atom stereocenters. The second-order valence-corrected chi connectivity index (χ2v) is 6.84. The third kappa shape index (κ3) is 4.17. The second-order valence-electron chi connectivity index (χ2n) is 6.84. The largest absolute Gasteiger partial charge is 0.419 e. The molecule has 8 nitrogen and oxygen atoms in total. The molecular weight excluding hydrogens is 423 g/mol. The van der Waals surface area contributed by atoms with Crippen molar-refractivity contribution < 1.29 is 18.0 Å². The van der Waals surface area contributed by atoms with Gasteiger partial charge in [-0.3, -0.25) is 9.78 Å². The molecular formula is C18H19ClF3N7O. The first-order chi connectivity index (χ1) is 13.8. The van der Waals surface area contributed by atoms with Crippen molar-refractivity contribution in [3.05, 3.63) is 42.2 Å². The summed E-state index contributed by atoms with van der Waals surface area (Å²) in [6, 6.07) is -0.232. The van der Waals surface area contributed by atoms with E-state index in [1.54, 1.807) is 4.90 Å². The van der Waals surface area contributed by atoms with E-state index in [-0.39, 0.29) is 53.1 Å². The fourth-order valence-corrected chi connectivity index (χ4v) is 3.53. The molecule has 3 aromatic rings. The lowest BCUT2D eigenvalue weighted by atomic mass is 10.0. The normalized spacial score (nSPS) is 16.9. The predicted molar refractivity (Wildman–Crippen MR) is 108 cm³/mol. The summed E-state index contributed by atoms with van der Waals surface area (Å²) in [4.78, 5) is 28.6. The molecule has 0 spiro atoms. The number of H-pyrrole nitrogens is 1. The van der Waals surface area contributed by atoms with E-state index in [0.29, 0.717) is 13.0 Å². The average molecular weight is 442 g/mol. The number of carbonyl (C=O) groups excluding carboxylic acids is 1. The zero-order chi connectivity index (χ0) is 20.6. The molecule has 4 N–H and O–H groups in total.